The summed E-state index contributed by atoms with van der Waals surface area (Å²) in [5.74, 6) is -0.875. The van der Waals surface area contributed by atoms with E-state index in [1.54, 1.807) is 6.07 Å². The van der Waals surface area contributed by atoms with Gasteiger partial charge in [0.05, 0.1) is 28.4 Å². The summed E-state index contributed by atoms with van der Waals surface area (Å²) in [5, 5.41) is 29.0. The van der Waals surface area contributed by atoms with Gasteiger partial charge in [0.15, 0.2) is 5.82 Å². The molecule has 0 radical (unpaired) electrons. The summed E-state index contributed by atoms with van der Waals surface area (Å²) in [5.41, 5.74) is -0.281. The largest absolute Gasteiger partial charge is 0.394 e. The average Bonchev–Trinajstić information content (AvgIpc) is 2.31. The van der Waals surface area contributed by atoms with Crippen LogP contribution in [0.25, 0.3) is 0 Å². The number of nitrogens with one attached hydrogen (secondary N) is 1. The van der Waals surface area contributed by atoms with E-state index < -0.39 is 18.5 Å². The molecule has 92 valence electrons. The molecule has 0 fully saturated rings. The van der Waals surface area contributed by atoms with Gasteiger partial charge in [0.2, 0.25) is 0 Å². The lowest BCUT2D eigenvalue weighted by atomic mass is 10.1. The Balaban J connectivity index is 3.07. The van der Waals surface area contributed by atoms with Crippen LogP contribution in [0.5, 0.6) is 0 Å². The van der Waals surface area contributed by atoms with Gasteiger partial charge in [-0.3, -0.25) is 0 Å². The second kappa shape index (κ2) is 6.03. The third kappa shape index (κ3) is 3.20. The highest BCUT2D eigenvalue weighted by atomic mass is 35.5. The van der Waals surface area contributed by atoms with E-state index in [-0.39, 0.29) is 27.8 Å². The molecule has 0 aliphatic rings. The highest BCUT2D eigenvalue weighted by molar-refractivity contribution is 6.36. The van der Waals surface area contributed by atoms with E-state index in [1.165, 1.54) is 0 Å². The van der Waals surface area contributed by atoms with Gasteiger partial charge in [-0.25, -0.2) is 4.39 Å². The van der Waals surface area contributed by atoms with Crippen molar-refractivity contribution in [2.45, 2.75) is 6.10 Å². The molecule has 1 aromatic carbocycles. The van der Waals surface area contributed by atoms with Crippen LogP contribution in [0.2, 0.25) is 10.0 Å². The number of nitriles is 1. The zero-order valence-electron chi connectivity index (χ0n) is 8.54. The minimum absolute atomic E-state index is 0.0450. The highest BCUT2D eigenvalue weighted by Gasteiger charge is 2.17. The van der Waals surface area contributed by atoms with Gasteiger partial charge in [0, 0.05) is 6.54 Å². The number of aliphatic hydroxyl groups is 2. The van der Waals surface area contributed by atoms with Crippen molar-refractivity contribution in [1.82, 2.24) is 0 Å². The number of anilines is 1. The minimum Gasteiger partial charge on any atom is -0.394 e. The Kier molecular flexibility index (Phi) is 4.97. The molecule has 0 spiro atoms. The zero-order valence-corrected chi connectivity index (χ0v) is 10.1. The minimum atomic E-state index is -1.03. The lowest BCUT2D eigenvalue weighted by Gasteiger charge is -2.13. The molecule has 0 heterocycles. The Morgan fingerprint density at radius 3 is 2.65 bits per heavy atom. The zero-order chi connectivity index (χ0) is 13.0. The first-order valence-electron chi connectivity index (χ1n) is 4.61. The normalized spacial score (nSPS) is 12.0. The summed E-state index contributed by atoms with van der Waals surface area (Å²) in [6.45, 7) is -0.519. The Labute approximate surface area is 107 Å². The number of rotatable bonds is 4. The molecule has 3 N–H and O–H groups in total. The van der Waals surface area contributed by atoms with Crippen LogP contribution in [0.15, 0.2) is 6.07 Å². The van der Waals surface area contributed by atoms with Crippen molar-refractivity contribution in [2.75, 3.05) is 18.5 Å². The molecule has 0 aliphatic carbocycles. The van der Waals surface area contributed by atoms with Crippen LogP contribution in [0.4, 0.5) is 10.1 Å². The number of hydrogen-bond acceptors (Lipinski definition) is 4. The molecule has 17 heavy (non-hydrogen) atoms. The van der Waals surface area contributed by atoms with E-state index in [4.69, 9.17) is 38.7 Å². The van der Waals surface area contributed by atoms with Crippen LogP contribution in [0.1, 0.15) is 5.56 Å². The lowest BCUT2D eigenvalue weighted by Crippen LogP contribution is -2.23. The highest BCUT2D eigenvalue weighted by Crippen LogP contribution is 2.32. The van der Waals surface area contributed by atoms with Crippen LogP contribution in [0, 0.1) is 17.1 Å². The first kappa shape index (κ1) is 14.0. The van der Waals surface area contributed by atoms with E-state index >= 15 is 0 Å². The molecular formula is C10H9Cl2FN2O2. The Morgan fingerprint density at radius 1 is 1.47 bits per heavy atom. The smallest absolute Gasteiger partial charge is 0.161 e. The average molecular weight is 279 g/mol. The van der Waals surface area contributed by atoms with E-state index in [2.05, 4.69) is 5.32 Å². The molecule has 0 amide bonds. The van der Waals surface area contributed by atoms with Gasteiger partial charge < -0.3 is 15.5 Å². The number of hydrogen-bond donors (Lipinski definition) is 3. The van der Waals surface area contributed by atoms with Gasteiger partial charge in [-0.05, 0) is 6.07 Å². The third-order valence-electron chi connectivity index (χ3n) is 2.01. The first-order valence-corrected chi connectivity index (χ1v) is 5.37. The molecule has 1 rings (SSSR count). The molecule has 1 unspecified atom stereocenters. The standard InChI is InChI=1S/C10H9Cl2FN2O2/c11-7-1-8(12)10(6(2-14)9(7)13)15-3-5(17)4-16/h1,5,15-17H,3-4H2. The third-order valence-corrected chi connectivity index (χ3v) is 2.58. The van der Waals surface area contributed by atoms with Gasteiger partial charge in [-0.2, -0.15) is 5.26 Å². The van der Waals surface area contributed by atoms with E-state index in [0.717, 1.165) is 6.07 Å². The quantitative estimate of drug-likeness (QED) is 0.734. The van der Waals surface area contributed by atoms with Crippen LogP contribution in [-0.2, 0) is 0 Å². The van der Waals surface area contributed by atoms with E-state index in [9.17, 15) is 4.39 Å². The second-order valence-electron chi connectivity index (χ2n) is 3.23. The fourth-order valence-corrected chi connectivity index (χ4v) is 1.69. The second-order valence-corrected chi connectivity index (χ2v) is 4.05. The van der Waals surface area contributed by atoms with Crippen LogP contribution >= 0.6 is 23.2 Å². The van der Waals surface area contributed by atoms with Crippen LogP contribution in [-0.4, -0.2) is 29.5 Å². The maximum Gasteiger partial charge on any atom is 0.161 e. The van der Waals surface area contributed by atoms with Crippen LogP contribution < -0.4 is 5.32 Å². The molecule has 0 aliphatic heterocycles. The summed E-state index contributed by atoms with van der Waals surface area (Å²) in [6, 6.07) is 2.80. The molecular weight excluding hydrogens is 270 g/mol. The summed E-state index contributed by atoms with van der Waals surface area (Å²) >= 11 is 11.3. The van der Waals surface area contributed by atoms with E-state index in [1.807, 2.05) is 0 Å². The SMILES string of the molecule is N#Cc1c(F)c(Cl)cc(Cl)c1NCC(O)CO. The molecule has 1 atom stereocenters. The predicted molar refractivity (Wildman–Crippen MR) is 62.7 cm³/mol. The van der Waals surface area contributed by atoms with E-state index in [0.29, 0.717) is 0 Å². The maximum absolute atomic E-state index is 13.5. The van der Waals surface area contributed by atoms with Crippen molar-refractivity contribution in [3.63, 3.8) is 0 Å². The fourth-order valence-electron chi connectivity index (χ4n) is 1.16. The molecule has 1 aromatic rings. The Morgan fingerprint density at radius 2 is 2.12 bits per heavy atom. The molecule has 4 nitrogen and oxygen atoms in total. The molecule has 0 saturated heterocycles. The molecule has 0 saturated carbocycles. The Bertz CT molecular complexity index is 463. The van der Waals surface area contributed by atoms with Crippen molar-refractivity contribution < 1.29 is 14.6 Å². The number of benzene rings is 1. The topological polar surface area (TPSA) is 76.3 Å². The van der Waals surface area contributed by atoms with Crippen molar-refractivity contribution in [3.8, 4) is 6.07 Å². The van der Waals surface area contributed by atoms with Crippen molar-refractivity contribution in [3.05, 3.63) is 27.5 Å². The van der Waals surface area contributed by atoms with Crippen LogP contribution in [0.3, 0.4) is 0 Å². The fraction of sp³-hybridized carbons (Fsp3) is 0.300. The number of nitrogens with zero attached hydrogens (tertiary/aromatic N) is 1. The van der Waals surface area contributed by atoms with Crippen molar-refractivity contribution in [2.24, 2.45) is 0 Å². The monoisotopic (exact) mass is 278 g/mol. The number of aliphatic hydroxyl groups excluding tert-OH is 2. The maximum atomic E-state index is 13.5. The van der Waals surface area contributed by atoms with Gasteiger partial charge in [0.1, 0.15) is 11.6 Å². The van der Waals surface area contributed by atoms with Gasteiger partial charge >= 0.3 is 0 Å². The lowest BCUT2D eigenvalue weighted by molar-refractivity contribution is 0.105. The van der Waals surface area contributed by atoms with Gasteiger partial charge in [0.25, 0.3) is 0 Å². The molecule has 7 heteroatoms. The summed E-state index contributed by atoms with van der Waals surface area (Å²) in [7, 11) is 0. The van der Waals surface area contributed by atoms with Crippen molar-refractivity contribution in [1.29, 1.82) is 5.26 Å². The summed E-state index contributed by atoms with van der Waals surface area (Å²) in [6.07, 6.45) is -1.03. The predicted octanol–water partition coefficient (Wildman–Crippen LogP) is 1.77. The molecule has 0 bridgehead atoms. The molecule has 0 aromatic heterocycles. The first-order chi connectivity index (χ1) is 8.01. The summed E-state index contributed by atoms with van der Waals surface area (Å²) < 4.78 is 13.5. The Hall–Kier alpha value is -1.06. The number of halogens is 3. The van der Waals surface area contributed by atoms with Gasteiger partial charge in [-0.15, -0.1) is 0 Å². The summed E-state index contributed by atoms with van der Waals surface area (Å²) in [4.78, 5) is 0. The van der Waals surface area contributed by atoms with Gasteiger partial charge in [-0.1, -0.05) is 23.2 Å². The van der Waals surface area contributed by atoms with Crippen molar-refractivity contribution >= 4 is 28.9 Å².